The Labute approximate surface area is 211 Å². The molecule has 5 rings (SSSR count). The van der Waals surface area contributed by atoms with E-state index in [2.05, 4.69) is 15.5 Å². The molecule has 0 spiro atoms. The van der Waals surface area contributed by atoms with Crippen LogP contribution in [0.3, 0.4) is 0 Å². The molecule has 0 radical (unpaired) electrons. The molecule has 2 amide bonds. The number of nitrogens with zero attached hydrogens (tertiary/aromatic N) is 2. The standard InChI is InChI=1S/C23H26IN4O7/c1-33-14-7-18(30)15(10-29)19(8-14)34-11-21(31)25-20-9-17(26-27-20)12-2-3-13(6-12)35-23(32)28-5-4-16-22(28)24-16/h7-10,12-13,16,22,30H,2-6,11H2,1H3,(H2,25,26,27,31)/q-1/t12-,13+,16-,22+/m0/s1. The Kier molecular flexibility index (Phi) is 6.71. The van der Waals surface area contributed by atoms with Gasteiger partial charge in [0.2, 0.25) is 0 Å². The van der Waals surface area contributed by atoms with Gasteiger partial charge in [-0.25, -0.2) is 0 Å². The Morgan fingerprint density at radius 3 is 2.89 bits per heavy atom. The van der Waals surface area contributed by atoms with Crippen LogP contribution in [0.5, 0.6) is 17.2 Å². The van der Waals surface area contributed by atoms with Crippen molar-refractivity contribution in [3.63, 3.8) is 0 Å². The van der Waals surface area contributed by atoms with Crippen LogP contribution in [-0.4, -0.2) is 72.8 Å². The zero-order valence-electron chi connectivity index (χ0n) is 19.0. The number of aromatic amines is 1. The summed E-state index contributed by atoms with van der Waals surface area (Å²) < 4.78 is 17.5. The number of hydrogen-bond donors (Lipinski definition) is 3. The summed E-state index contributed by atoms with van der Waals surface area (Å²) in [5.41, 5.74) is 0.801. The van der Waals surface area contributed by atoms with E-state index in [1.807, 2.05) is 4.90 Å². The second-order valence-corrected chi connectivity index (χ2v) is 12.3. The molecule has 3 aliphatic rings. The number of benzene rings is 1. The predicted octanol–water partition coefficient (Wildman–Crippen LogP) is -0.770. The van der Waals surface area contributed by atoms with E-state index in [0.29, 0.717) is 21.9 Å². The van der Waals surface area contributed by atoms with Crippen LogP contribution in [0.2, 0.25) is 0 Å². The number of phenols is 1. The molecule has 2 aromatic rings. The number of rotatable bonds is 8. The number of alkyl halides is 2. The average molecular weight is 597 g/mol. The van der Waals surface area contributed by atoms with Gasteiger partial charge in [-0.2, -0.15) is 0 Å². The number of hydrogen-bond acceptors (Lipinski definition) is 8. The zero-order chi connectivity index (χ0) is 24.5. The number of methoxy groups -OCH3 is 1. The van der Waals surface area contributed by atoms with Gasteiger partial charge in [-0.05, 0) is 0 Å². The van der Waals surface area contributed by atoms with Crippen LogP contribution in [0.1, 0.15) is 47.7 Å². The maximum Gasteiger partial charge on any atom is 0.0233 e. The molecule has 188 valence electrons. The van der Waals surface area contributed by atoms with E-state index < -0.39 is 12.5 Å². The van der Waals surface area contributed by atoms with Crippen molar-refractivity contribution in [1.82, 2.24) is 15.1 Å². The number of nitrogens with one attached hydrogen (secondary N) is 2. The smallest absolute Gasteiger partial charge is 0.0233 e. The molecular weight excluding hydrogens is 571 g/mol. The molecule has 1 aromatic carbocycles. The van der Waals surface area contributed by atoms with Crippen LogP contribution in [0.25, 0.3) is 0 Å². The number of H-pyrrole nitrogens is 1. The number of carbonyl (C=O) groups is 3. The third kappa shape index (κ3) is 5.16. The second-order valence-electron chi connectivity index (χ2n) is 8.73. The van der Waals surface area contributed by atoms with Gasteiger partial charge in [-0.1, -0.05) is 0 Å². The van der Waals surface area contributed by atoms with Crippen molar-refractivity contribution < 1.29 is 54.9 Å². The third-order valence-electron chi connectivity index (χ3n) is 6.46. The fraction of sp³-hybridized carbons (Fsp3) is 0.478. The van der Waals surface area contributed by atoms with Crippen molar-refractivity contribution in [1.29, 1.82) is 0 Å². The number of aromatic hydroxyl groups is 1. The Hall–Kier alpha value is -3.03. The first kappa shape index (κ1) is 23.7. The van der Waals surface area contributed by atoms with E-state index in [0.717, 1.165) is 41.8 Å². The van der Waals surface area contributed by atoms with E-state index in [9.17, 15) is 19.5 Å². The van der Waals surface area contributed by atoms with Crippen molar-refractivity contribution in [2.24, 2.45) is 0 Å². The molecule has 3 fully saturated rings. The van der Waals surface area contributed by atoms with E-state index in [-0.39, 0.29) is 56.4 Å². The SMILES string of the molecule is COc1cc(O)c(C=O)c(OCC(=O)Nc2cc([C@H]3CC[C@@H](OC(=O)N4CC[C@@H]5[I-][C@@H]54)C3)[nH]n2)c1. The summed E-state index contributed by atoms with van der Waals surface area (Å²) >= 11 is 0.167. The van der Waals surface area contributed by atoms with Gasteiger partial charge in [-0.3, -0.25) is 9.59 Å². The summed E-state index contributed by atoms with van der Waals surface area (Å²) in [4.78, 5) is 38.0. The molecule has 1 saturated carbocycles. The van der Waals surface area contributed by atoms with Crippen LogP contribution >= 0.6 is 0 Å². The van der Waals surface area contributed by atoms with Gasteiger partial charge in [0.15, 0.2) is 12.9 Å². The number of ether oxygens (including phenoxy) is 3. The number of aromatic nitrogens is 2. The normalized spacial score (nSPS) is 24.8. The van der Waals surface area contributed by atoms with E-state index in [4.69, 9.17) is 14.2 Å². The van der Waals surface area contributed by atoms with Crippen LogP contribution in [-0.2, 0) is 9.53 Å². The molecule has 12 heteroatoms. The quantitative estimate of drug-likeness (QED) is 0.156. The van der Waals surface area contributed by atoms with Crippen molar-refractivity contribution >= 4 is 24.1 Å². The fourth-order valence-electron chi connectivity index (χ4n) is 4.58. The molecule has 3 heterocycles. The van der Waals surface area contributed by atoms with Crippen LogP contribution in [0.15, 0.2) is 18.2 Å². The Balaban J connectivity index is 1.11. The number of likely N-dealkylation sites (tertiary alicyclic amines) is 1. The van der Waals surface area contributed by atoms with Crippen molar-refractivity contribution in [3.05, 3.63) is 29.5 Å². The number of anilines is 1. The van der Waals surface area contributed by atoms with E-state index in [1.165, 1.54) is 19.2 Å². The van der Waals surface area contributed by atoms with Gasteiger partial charge in [0.05, 0.1) is 12.7 Å². The summed E-state index contributed by atoms with van der Waals surface area (Å²) in [5, 5.41) is 19.7. The predicted molar refractivity (Wildman–Crippen MR) is 119 cm³/mol. The molecule has 35 heavy (non-hydrogen) atoms. The Morgan fingerprint density at radius 1 is 1.31 bits per heavy atom. The molecule has 11 nitrogen and oxygen atoms in total. The Morgan fingerprint density at radius 2 is 2.17 bits per heavy atom. The molecule has 4 atom stereocenters. The van der Waals surface area contributed by atoms with Crippen LogP contribution in [0, 0.1) is 0 Å². The first-order valence-corrected chi connectivity index (χ1v) is 13.9. The summed E-state index contributed by atoms with van der Waals surface area (Å²) in [6, 6.07) is 4.47. The van der Waals surface area contributed by atoms with Crippen molar-refractivity contribution in [2.75, 3.05) is 25.6 Å². The monoisotopic (exact) mass is 597 g/mol. The molecule has 0 unspecified atom stereocenters. The largest absolute Gasteiger partial charge is 0.0233 e. The number of halogens is 1. The first-order valence-electron chi connectivity index (χ1n) is 11.4. The number of aldehydes is 1. The average Bonchev–Trinajstić information content (AvgIpc) is 3.20. The minimum atomic E-state index is -0.479. The van der Waals surface area contributed by atoms with Crippen LogP contribution in [0.4, 0.5) is 10.6 Å². The van der Waals surface area contributed by atoms with Gasteiger partial charge in [0, 0.05) is 12.1 Å². The maximum atomic E-state index is 12.5. The minimum Gasteiger partial charge on any atom is 0.0233 e. The summed E-state index contributed by atoms with van der Waals surface area (Å²) in [7, 11) is 1.41. The van der Waals surface area contributed by atoms with Crippen LogP contribution < -0.4 is 36.0 Å². The van der Waals surface area contributed by atoms with Gasteiger partial charge in [-0.15, -0.1) is 0 Å². The second kappa shape index (κ2) is 9.91. The van der Waals surface area contributed by atoms with Gasteiger partial charge >= 0.3 is 133 Å². The van der Waals surface area contributed by atoms with Crippen molar-refractivity contribution in [3.8, 4) is 17.2 Å². The van der Waals surface area contributed by atoms with Gasteiger partial charge < -0.3 is 14.6 Å². The first-order chi connectivity index (χ1) is 16.9. The minimum absolute atomic E-state index is 0.0363. The molecule has 1 aromatic heterocycles. The Bertz CT molecular complexity index is 1140. The topological polar surface area (TPSA) is 143 Å². The summed E-state index contributed by atoms with van der Waals surface area (Å²) in [5.74, 6) is 0.0581. The molecule has 1 aliphatic carbocycles. The van der Waals surface area contributed by atoms with Gasteiger partial charge in [0.25, 0.3) is 0 Å². The van der Waals surface area contributed by atoms with E-state index in [1.54, 1.807) is 6.07 Å². The molecule has 0 bridgehead atoms. The number of carbonyl (C=O) groups excluding carboxylic acids is 3. The molecule has 2 aliphatic heterocycles. The third-order valence-corrected chi connectivity index (χ3v) is 10.1. The molecular formula is C23H26IN4O7-. The zero-order valence-corrected chi connectivity index (χ0v) is 21.2. The summed E-state index contributed by atoms with van der Waals surface area (Å²) in [6.45, 7) is 0.435. The molecule has 3 N–H and O–H groups in total. The summed E-state index contributed by atoms with van der Waals surface area (Å²) in [6.07, 6.45) is 3.69. The maximum absolute atomic E-state index is 12.5. The van der Waals surface area contributed by atoms with Crippen molar-refractivity contribution in [2.45, 2.75) is 45.7 Å². The molecule has 2 saturated heterocycles. The number of amides is 2. The van der Waals surface area contributed by atoms with E-state index >= 15 is 0 Å². The number of fused-ring (bicyclic) bond motifs is 1. The fourth-order valence-corrected chi connectivity index (χ4v) is 7.57. The van der Waals surface area contributed by atoms with Gasteiger partial charge in [0.1, 0.15) is 17.2 Å². The number of phenolic OH excluding ortho intramolecular Hbond substituents is 1.